The van der Waals surface area contributed by atoms with Crippen molar-refractivity contribution in [1.82, 2.24) is 10.1 Å². The Morgan fingerprint density at radius 1 is 1.20 bits per heavy atom. The zero-order valence-corrected chi connectivity index (χ0v) is 12.0. The maximum absolute atomic E-state index is 5.64. The highest BCUT2D eigenvalue weighted by Gasteiger charge is 2.15. The molecule has 0 saturated carbocycles. The summed E-state index contributed by atoms with van der Waals surface area (Å²) in [4.78, 5) is 4.51. The summed E-state index contributed by atoms with van der Waals surface area (Å²) in [5.74, 6) is 1.19. The lowest BCUT2D eigenvalue weighted by molar-refractivity contribution is 0.432. The van der Waals surface area contributed by atoms with Gasteiger partial charge in [-0.05, 0) is 42.5 Å². The summed E-state index contributed by atoms with van der Waals surface area (Å²) >= 11 is 1.64. The van der Waals surface area contributed by atoms with Crippen molar-refractivity contribution in [3.63, 3.8) is 0 Å². The second kappa shape index (κ2) is 5.56. The van der Waals surface area contributed by atoms with Crippen LogP contribution in [0.15, 0.2) is 39.5 Å². The van der Waals surface area contributed by atoms with E-state index in [-0.39, 0.29) is 0 Å². The third-order valence-electron chi connectivity index (χ3n) is 3.18. The highest BCUT2D eigenvalue weighted by molar-refractivity contribution is 7.08. The molecule has 20 heavy (non-hydrogen) atoms. The topological polar surface area (TPSA) is 64.9 Å². The van der Waals surface area contributed by atoms with Crippen molar-refractivity contribution in [3.05, 3.63) is 46.2 Å². The zero-order chi connectivity index (χ0) is 13.9. The van der Waals surface area contributed by atoms with Gasteiger partial charge in [0, 0.05) is 16.5 Å². The molecule has 2 N–H and O–H groups in total. The van der Waals surface area contributed by atoms with Gasteiger partial charge in [-0.25, -0.2) is 0 Å². The van der Waals surface area contributed by atoms with Crippen molar-refractivity contribution < 1.29 is 4.52 Å². The monoisotopic (exact) mass is 285 g/mol. The fourth-order valence-corrected chi connectivity index (χ4v) is 2.96. The van der Waals surface area contributed by atoms with E-state index >= 15 is 0 Å². The lowest BCUT2D eigenvalue weighted by Crippen LogP contribution is -2.03. The summed E-state index contributed by atoms with van der Waals surface area (Å²) in [6.45, 7) is 2.64. The predicted octanol–water partition coefficient (Wildman–Crippen LogP) is 3.27. The maximum atomic E-state index is 5.64. The highest BCUT2D eigenvalue weighted by Crippen LogP contribution is 2.28. The van der Waals surface area contributed by atoms with E-state index in [2.05, 4.69) is 15.5 Å². The summed E-state index contributed by atoms with van der Waals surface area (Å²) in [5.41, 5.74) is 9.93. The van der Waals surface area contributed by atoms with Gasteiger partial charge in [0.05, 0.1) is 0 Å². The van der Waals surface area contributed by atoms with Crippen molar-refractivity contribution >= 4 is 11.3 Å². The number of aryl methyl sites for hydroxylation is 1. The molecule has 0 saturated heterocycles. The zero-order valence-electron chi connectivity index (χ0n) is 11.2. The van der Waals surface area contributed by atoms with Gasteiger partial charge in [-0.3, -0.25) is 0 Å². The lowest BCUT2D eigenvalue weighted by Gasteiger charge is -2.03. The van der Waals surface area contributed by atoms with Crippen LogP contribution in [0.25, 0.3) is 22.8 Å². The summed E-state index contributed by atoms with van der Waals surface area (Å²) in [6, 6.07) is 7.99. The number of nitrogens with zero attached hydrogens (tertiary/aromatic N) is 2. The van der Waals surface area contributed by atoms with Crippen LogP contribution < -0.4 is 5.73 Å². The Morgan fingerprint density at radius 2 is 2.05 bits per heavy atom. The fourth-order valence-electron chi connectivity index (χ4n) is 2.13. The molecule has 1 aromatic carbocycles. The lowest BCUT2D eigenvalue weighted by atomic mass is 10.0. The highest BCUT2D eigenvalue weighted by atomic mass is 32.1. The molecule has 3 aromatic rings. The molecule has 0 atom stereocenters. The van der Waals surface area contributed by atoms with Crippen LogP contribution in [0.4, 0.5) is 0 Å². The van der Waals surface area contributed by atoms with Gasteiger partial charge < -0.3 is 10.3 Å². The second-order valence-electron chi connectivity index (χ2n) is 4.59. The van der Waals surface area contributed by atoms with E-state index in [9.17, 15) is 0 Å². The van der Waals surface area contributed by atoms with Gasteiger partial charge in [-0.2, -0.15) is 16.3 Å². The number of aromatic nitrogens is 2. The van der Waals surface area contributed by atoms with Gasteiger partial charge in [-0.15, -0.1) is 0 Å². The Balaban J connectivity index is 2.00. The SMILES string of the molecule is Cc1cscc1-c1noc(-c2ccccc2CCN)n1. The van der Waals surface area contributed by atoms with E-state index in [1.807, 2.05) is 36.6 Å². The number of nitrogens with two attached hydrogens (primary N) is 1. The second-order valence-corrected chi connectivity index (χ2v) is 5.33. The van der Waals surface area contributed by atoms with Crippen molar-refractivity contribution in [2.45, 2.75) is 13.3 Å². The molecule has 4 nitrogen and oxygen atoms in total. The van der Waals surface area contributed by atoms with Gasteiger partial charge in [0.25, 0.3) is 5.89 Å². The number of benzene rings is 1. The molecular formula is C15H15N3OS. The van der Waals surface area contributed by atoms with Crippen molar-refractivity contribution in [2.24, 2.45) is 5.73 Å². The Labute approximate surface area is 121 Å². The van der Waals surface area contributed by atoms with Gasteiger partial charge in [0.1, 0.15) is 0 Å². The number of hydrogen-bond acceptors (Lipinski definition) is 5. The molecule has 0 aliphatic rings. The van der Waals surface area contributed by atoms with Crippen LogP contribution in [0.2, 0.25) is 0 Å². The molecule has 0 fully saturated rings. The minimum atomic E-state index is 0.551. The molecule has 102 valence electrons. The Bertz CT molecular complexity index is 717. The van der Waals surface area contributed by atoms with Crippen LogP contribution in [0, 0.1) is 6.92 Å². The van der Waals surface area contributed by atoms with E-state index in [4.69, 9.17) is 10.3 Å². The molecule has 0 aliphatic carbocycles. The minimum absolute atomic E-state index is 0.551. The van der Waals surface area contributed by atoms with E-state index in [1.54, 1.807) is 11.3 Å². The van der Waals surface area contributed by atoms with Gasteiger partial charge >= 0.3 is 0 Å². The van der Waals surface area contributed by atoms with Gasteiger partial charge in [0.2, 0.25) is 5.82 Å². The normalized spacial score (nSPS) is 10.9. The summed E-state index contributed by atoms with van der Waals surface area (Å²) in [6.07, 6.45) is 0.797. The molecule has 3 rings (SSSR count). The van der Waals surface area contributed by atoms with Crippen LogP contribution in [0.5, 0.6) is 0 Å². The number of rotatable bonds is 4. The average Bonchev–Trinajstić information content (AvgIpc) is 3.08. The number of thiophene rings is 1. The van der Waals surface area contributed by atoms with E-state index in [0.29, 0.717) is 18.3 Å². The van der Waals surface area contributed by atoms with E-state index in [0.717, 1.165) is 28.7 Å². The Morgan fingerprint density at radius 3 is 2.80 bits per heavy atom. The first-order valence-corrected chi connectivity index (χ1v) is 7.39. The van der Waals surface area contributed by atoms with Crippen LogP contribution >= 0.6 is 11.3 Å². The number of hydrogen-bond donors (Lipinski definition) is 1. The van der Waals surface area contributed by atoms with E-state index in [1.165, 1.54) is 0 Å². The first kappa shape index (κ1) is 13.0. The molecule has 0 spiro atoms. The van der Waals surface area contributed by atoms with Gasteiger partial charge in [-0.1, -0.05) is 23.4 Å². The predicted molar refractivity (Wildman–Crippen MR) is 80.5 cm³/mol. The summed E-state index contributed by atoms with van der Waals surface area (Å²) < 4.78 is 5.42. The van der Waals surface area contributed by atoms with Crippen molar-refractivity contribution in [2.75, 3.05) is 6.54 Å². The molecule has 0 aliphatic heterocycles. The largest absolute Gasteiger partial charge is 0.334 e. The molecule has 5 heteroatoms. The molecule has 2 aromatic heterocycles. The minimum Gasteiger partial charge on any atom is -0.334 e. The average molecular weight is 285 g/mol. The molecule has 0 amide bonds. The van der Waals surface area contributed by atoms with E-state index < -0.39 is 0 Å². The van der Waals surface area contributed by atoms with Gasteiger partial charge in [0.15, 0.2) is 0 Å². The van der Waals surface area contributed by atoms with Crippen molar-refractivity contribution in [1.29, 1.82) is 0 Å². The third kappa shape index (κ3) is 2.37. The standard InChI is InChI=1S/C15H15N3OS/c1-10-8-20-9-13(10)14-17-15(19-18-14)12-5-3-2-4-11(12)6-7-16/h2-5,8-9H,6-7,16H2,1H3. The molecule has 0 bridgehead atoms. The smallest absolute Gasteiger partial charge is 0.258 e. The maximum Gasteiger partial charge on any atom is 0.258 e. The third-order valence-corrected chi connectivity index (χ3v) is 4.05. The van der Waals surface area contributed by atoms with Crippen LogP contribution in [0.1, 0.15) is 11.1 Å². The molecule has 2 heterocycles. The Hall–Kier alpha value is -1.98. The summed E-state index contributed by atoms with van der Waals surface area (Å²) in [7, 11) is 0. The van der Waals surface area contributed by atoms with Crippen LogP contribution in [-0.4, -0.2) is 16.7 Å². The first-order chi connectivity index (χ1) is 9.79. The molecule has 0 radical (unpaired) electrons. The first-order valence-electron chi connectivity index (χ1n) is 6.45. The summed E-state index contributed by atoms with van der Waals surface area (Å²) in [5, 5.41) is 8.20. The van der Waals surface area contributed by atoms with Crippen LogP contribution in [-0.2, 0) is 6.42 Å². The quantitative estimate of drug-likeness (QED) is 0.799. The molecular weight excluding hydrogens is 270 g/mol. The van der Waals surface area contributed by atoms with Crippen LogP contribution in [0.3, 0.4) is 0 Å². The Kier molecular flexibility index (Phi) is 3.62. The molecule has 0 unspecified atom stereocenters. The fraction of sp³-hybridized carbons (Fsp3) is 0.200. The van der Waals surface area contributed by atoms with Crippen molar-refractivity contribution in [3.8, 4) is 22.8 Å².